The van der Waals surface area contributed by atoms with Crippen LogP contribution in [0.4, 0.5) is 5.69 Å². The Morgan fingerprint density at radius 1 is 1.25 bits per heavy atom. The third kappa shape index (κ3) is 6.01. The average molecular weight is 327 g/mol. The number of terminal acetylenes is 1. The van der Waals surface area contributed by atoms with Gasteiger partial charge in [-0.2, -0.15) is 0 Å². The van der Waals surface area contributed by atoms with Crippen molar-refractivity contribution in [1.29, 1.82) is 0 Å². The molecule has 24 heavy (non-hydrogen) atoms. The number of pyridine rings is 1. The summed E-state index contributed by atoms with van der Waals surface area (Å²) in [6.07, 6.45) is 10.4. The van der Waals surface area contributed by atoms with Gasteiger partial charge in [0, 0.05) is 31.1 Å². The van der Waals surface area contributed by atoms with Crippen molar-refractivity contribution in [1.82, 2.24) is 10.3 Å². The smallest absolute Gasteiger partial charge is 0.269 e. The van der Waals surface area contributed by atoms with Gasteiger partial charge >= 0.3 is 0 Å². The van der Waals surface area contributed by atoms with E-state index in [1.54, 1.807) is 25.2 Å². The Hall–Kier alpha value is -3.00. The van der Waals surface area contributed by atoms with Crippen molar-refractivity contribution in [3.05, 3.63) is 47.8 Å². The number of rotatable bonds is 4. The van der Waals surface area contributed by atoms with E-state index in [-0.39, 0.29) is 5.91 Å². The Labute approximate surface area is 144 Å². The van der Waals surface area contributed by atoms with Crippen LogP contribution < -0.4 is 15.8 Å². The summed E-state index contributed by atoms with van der Waals surface area (Å²) >= 11 is 0. The van der Waals surface area contributed by atoms with Crippen molar-refractivity contribution in [2.24, 2.45) is 0 Å². The Balaban J connectivity index is 0.00000123. The number of aromatic nitrogens is 1. The minimum atomic E-state index is -0.251. The second-order valence-corrected chi connectivity index (χ2v) is 4.28. The molecule has 1 aromatic heterocycles. The number of carbonyl (C=O) groups excluding carboxylic acids is 1. The zero-order valence-corrected chi connectivity index (χ0v) is 14.7. The average Bonchev–Trinajstić information content (AvgIpc) is 2.65. The lowest BCUT2D eigenvalue weighted by atomic mass is 10.1. The predicted octanol–water partition coefficient (Wildman–Crippen LogP) is 3.65. The lowest BCUT2D eigenvalue weighted by Crippen LogP contribution is -2.18. The summed E-state index contributed by atoms with van der Waals surface area (Å²) in [4.78, 5) is 15.5. The van der Waals surface area contributed by atoms with Gasteiger partial charge in [0.1, 0.15) is 17.2 Å². The molecule has 5 nitrogen and oxygen atoms in total. The maximum absolute atomic E-state index is 11.5. The summed E-state index contributed by atoms with van der Waals surface area (Å²) in [6.45, 7) is 6.04. The van der Waals surface area contributed by atoms with Crippen molar-refractivity contribution >= 4 is 11.6 Å². The third-order valence-corrected chi connectivity index (χ3v) is 2.89. The van der Waals surface area contributed by atoms with Crippen LogP contribution in [0.15, 0.2) is 36.5 Å². The van der Waals surface area contributed by atoms with Gasteiger partial charge in [0.15, 0.2) is 0 Å². The number of hydrogen-bond donors (Lipinski definition) is 2. The monoisotopic (exact) mass is 327 g/mol. The van der Waals surface area contributed by atoms with E-state index < -0.39 is 0 Å². The van der Waals surface area contributed by atoms with Gasteiger partial charge in [-0.05, 0) is 24.1 Å². The van der Waals surface area contributed by atoms with Crippen LogP contribution in [0, 0.1) is 12.8 Å². The summed E-state index contributed by atoms with van der Waals surface area (Å²) in [5.74, 6) is 0.999. The lowest BCUT2D eigenvalue weighted by molar-refractivity contribution is 0.0958. The first-order chi connectivity index (χ1) is 11.6. The van der Waals surface area contributed by atoms with Gasteiger partial charge in [0.25, 0.3) is 5.91 Å². The molecule has 128 valence electrons. The van der Waals surface area contributed by atoms with Crippen LogP contribution in [0.3, 0.4) is 0 Å². The highest BCUT2D eigenvalue weighted by atomic mass is 16.5. The van der Waals surface area contributed by atoms with Gasteiger partial charge in [-0.1, -0.05) is 26.8 Å². The van der Waals surface area contributed by atoms with E-state index in [2.05, 4.69) is 23.1 Å². The van der Waals surface area contributed by atoms with Crippen LogP contribution in [0.2, 0.25) is 0 Å². The SMILES string of the molecule is C#C.CC.CCc1ccc(N)cc1Oc1ccnc(C(=O)NC)c1. The van der Waals surface area contributed by atoms with E-state index in [9.17, 15) is 4.79 Å². The third-order valence-electron chi connectivity index (χ3n) is 2.89. The molecule has 5 heteroatoms. The van der Waals surface area contributed by atoms with Crippen LogP contribution in [-0.2, 0) is 6.42 Å². The van der Waals surface area contributed by atoms with Crippen LogP contribution >= 0.6 is 0 Å². The zero-order valence-electron chi connectivity index (χ0n) is 14.7. The molecule has 0 spiro atoms. The van der Waals surface area contributed by atoms with E-state index in [0.29, 0.717) is 22.9 Å². The fraction of sp³-hybridized carbons (Fsp3) is 0.263. The highest BCUT2D eigenvalue weighted by Crippen LogP contribution is 2.28. The maximum atomic E-state index is 11.5. The largest absolute Gasteiger partial charge is 0.457 e. The number of benzene rings is 1. The molecule has 1 heterocycles. The van der Waals surface area contributed by atoms with Gasteiger partial charge in [0.2, 0.25) is 0 Å². The van der Waals surface area contributed by atoms with Gasteiger partial charge in [-0.3, -0.25) is 9.78 Å². The second kappa shape index (κ2) is 11.6. The number of nitrogens with one attached hydrogen (secondary N) is 1. The predicted molar refractivity (Wildman–Crippen MR) is 99.2 cm³/mol. The first-order valence-electron chi connectivity index (χ1n) is 7.71. The number of hydrogen-bond acceptors (Lipinski definition) is 4. The molecule has 0 aliphatic heterocycles. The molecule has 0 saturated heterocycles. The zero-order chi connectivity index (χ0) is 18.5. The Bertz CT molecular complexity index is 667. The topological polar surface area (TPSA) is 77.2 Å². The highest BCUT2D eigenvalue weighted by molar-refractivity contribution is 5.92. The van der Waals surface area contributed by atoms with Gasteiger partial charge < -0.3 is 15.8 Å². The number of aryl methyl sites for hydroxylation is 1. The Morgan fingerprint density at radius 2 is 1.92 bits per heavy atom. The van der Waals surface area contributed by atoms with E-state index in [1.165, 1.54) is 6.20 Å². The first-order valence-corrected chi connectivity index (χ1v) is 7.71. The standard InChI is InChI=1S/C15H17N3O2.C2H6.C2H2/c1-3-10-4-5-11(16)8-14(10)20-12-6-7-18-13(9-12)15(19)17-2;2*1-2/h4-9H,3,16H2,1-2H3,(H,17,19);1-2H3;1-2H. The summed E-state index contributed by atoms with van der Waals surface area (Å²) < 4.78 is 5.82. The Morgan fingerprint density at radius 3 is 2.50 bits per heavy atom. The molecule has 0 bridgehead atoms. The van der Waals surface area contributed by atoms with E-state index in [4.69, 9.17) is 10.5 Å². The molecule has 0 radical (unpaired) electrons. The van der Waals surface area contributed by atoms with Crippen molar-refractivity contribution in [3.8, 4) is 24.3 Å². The number of nitrogens with two attached hydrogens (primary N) is 1. The molecule has 1 amide bonds. The normalized spacial score (nSPS) is 8.75. The van der Waals surface area contributed by atoms with Crippen LogP contribution in [-0.4, -0.2) is 17.9 Å². The molecule has 2 rings (SSSR count). The van der Waals surface area contributed by atoms with E-state index in [1.807, 2.05) is 32.9 Å². The molecule has 0 fully saturated rings. The first kappa shape index (κ1) is 21.0. The molecule has 0 saturated carbocycles. The fourth-order valence-electron chi connectivity index (χ4n) is 1.81. The number of carbonyl (C=O) groups is 1. The second-order valence-electron chi connectivity index (χ2n) is 4.28. The molecule has 0 aliphatic rings. The number of nitrogen functional groups attached to an aromatic ring is 1. The molecule has 0 atom stereocenters. The van der Waals surface area contributed by atoms with Crippen molar-refractivity contribution in [2.45, 2.75) is 27.2 Å². The molecular formula is C19H25N3O2. The maximum Gasteiger partial charge on any atom is 0.269 e. The van der Waals surface area contributed by atoms with E-state index >= 15 is 0 Å². The van der Waals surface area contributed by atoms with Crippen LogP contribution in [0.25, 0.3) is 0 Å². The molecule has 0 aliphatic carbocycles. The van der Waals surface area contributed by atoms with E-state index in [0.717, 1.165) is 12.0 Å². The number of ether oxygens (including phenoxy) is 1. The number of anilines is 1. The molecule has 2 aromatic rings. The summed E-state index contributed by atoms with van der Waals surface area (Å²) in [5, 5.41) is 2.53. The minimum Gasteiger partial charge on any atom is -0.457 e. The number of amides is 1. The summed E-state index contributed by atoms with van der Waals surface area (Å²) in [7, 11) is 1.56. The van der Waals surface area contributed by atoms with Gasteiger partial charge in [-0.15, -0.1) is 12.8 Å². The molecular weight excluding hydrogens is 302 g/mol. The van der Waals surface area contributed by atoms with Crippen molar-refractivity contribution in [2.75, 3.05) is 12.8 Å². The summed E-state index contributed by atoms with van der Waals surface area (Å²) in [6, 6.07) is 8.86. The van der Waals surface area contributed by atoms with Gasteiger partial charge in [-0.25, -0.2) is 0 Å². The quantitative estimate of drug-likeness (QED) is 0.664. The van der Waals surface area contributed by atoms with Crippen molar-refractivity contribution in [3.63, 3.8) is 0 Å². The minimum absolute atomic E-state index is 0.251. The number of nitrogens with zero attached hydrogens (tertiary/aromatic N) is 1. The summed E-state index contributed by atoms with van der Waals surface area (Å²) in [5.41, 5.74) is 7.78. The molecule has 0 unspecified atom stereocenters. The molecule has 1 aromatic carbocycles. The Kier molecular flexibility index (Phi) is 10.1. The lowest BCUT2D eigenvalue weighted by Gasteiger charge is -2.11. The fourth-order valence-corrected chi connectivity index (χ4v) is 1.81. The van der Waals surface area contributed by atoms with Crippen LogP contribution in [0.1, 0.15) is 36.8 Å². The van der Waals surface area contributed by atoms with Gasteiger partial charge in [0.05, 0.1) is 0 Å². The van der Waals surface area contributed by atoms with Crippen LogP contribution in [0.5, 0.6) is 11.5 Å². The van der Waals surface area contributed by atoms with Crippen molar-refractivity contribution < 1.29 is 9.53 Å². The molecule has 3 N–H and O–H groups in total. The highest BCUT2D eigenvalue weighted by Gasteiger charge is 2.08.